The first-order valence-corrected chi connectivity index (χ1v) is 7.24. The van der Waals surface area contributed by atoms with Crippen molar-refractivity contribution >= 4 is 28.4 Å². The molecule has 3 rings (SSSR count). The molecule has 0 atom stereocenters. The van der Waals surface area contributed by atoms with Crippen molar-refractivity contribution < 1.29 is 9.53 Å². The van der Waals surface area contributed by atoms with E-state index >= 15 is 0 Å². The number of nitrogens with zero attached hydrogens (tertiary/aromatic N) is 2. The van der Waals surface area contributed by atoms with Crippen LogP contribution < -0.4 is 21.3 Å². The lowest BCUT2D eigenvalue weighted by molar-refractivity contribution is 0.211. The highest BCUT2D eigenvalue weighted by Crippen LogP contribution is 2.26. The second-order valence-electron chi connectivity index (χ2n) is 5.42. The fourth-order valence-corrected chi connectivity index (χ4v) is 2.36. The number of hydrogen-bond acceptors (Lipinski definition) is 5. The molecule has 0 unspecified atom stereocenters. The van der Waals surface area contributed by atoms with Crippen LogP contribution in [-0.2, 0) is 7.05 Å². The van der Waals surface area contributed by atoms with Crippen LogP contribution in [0.3, 0.4) is 0 Å². The Kier molecular flexibility index (Phi) is 3.91. The molecule has 7 nitrogen and oxygen atoms in total. The van der Waals surface area contributed by atoms with Crippen LogP contribution >= 0.6 is 0 Å². The molecule has 3 N–H and O–H groups in total. The van der Waals surface area contributed by atoms with Crippen molar-refractivity contribution in [2.24, 2.45) is 12.8 Å². The van der Waals surface area contributed by atoms with Crippen LogP contribution in [0.5, 0.6) is 5.75 Å². The number of fused-ring (bicyclic) bond motifs is 1. The highest BCUT2D eigenvalue weighted by molar-refractivity contribution is 5.83. The summed E-state index contributed by atoms with van der Waals surface area (Å²) >= 11 is 0. The second-order valence-corrected chi connectivity index (χ2v) is 5.42. The normalized spacial score (nSPS) is 10.6. The van der Waals surface area contributed by atoms with Gasteiger partial charge in [-0.15, -0.1) is 0 Å². The van der Waals surface area contributed by atoms with Crippen molar-refractivity contribution in [3.05, 3.63) is 58.6 Å². The molecule has 1 amide bonds. The Balaban J connectivity index is 1.99. The fraction of sp³-hybridized carbons (Fsp3) is 0.118. The predicted molar refractivity (Wildman–Crippen MR) is 91.7 cm³/mol. The van der Waals surface area contributed by atoms with E-state index < -0.39 is 6.09 Å². The average Bonchev–Trinajstić information content (AvgIpc) is 2.54. The van der Waals surface area contributed by atoms with Gasteiger partial charge < -0.3 is 20.4 Å². The Labute approximate surface area is 137 Å². The van der Waals surface area contributed by atoms with Gasteiger partial charge in [0.2, 0.25) is 0 Å². The van der Waals surface area contributed by atoms with E-state index in [1.165, 1.54) is 10.9 Å². The highest BCUT2D eigenvalue weighted by atomic mass is 16.5. The van der Waals surface area contributed by atoms with E-state index in [9.17, 15) is 9.59 Å². The van der Waals surface area contributed by atoms with E-state index in [0.29, 0.717) is 16.7 Å². The van der Waals surface area contributed by atoms with Crippen LogP contribution in [0.2, 0.25) is 0 Å². The summed E-state index contributed by atoms with van der Waals surface area (Å²) in [7, 11) is 1.66. The number of carbonyl (C=O) groups excluding carboxylic acids is 1. The smallest absolute Gasteiger partial charge is 0.409 e. The van der Waals surface area contributed by atoms with Crippen LogP contribution in [0.1, 0.15) is 5.56 Å². The third-order valence-electron chi connectivity index (χ3n) is 3.62. The number of hydrogen-bond donors (Lipinski definition) is 2. The van der Waals surface area contributed by atoms with Gasteiger partial charge in [0.15, 0.2) is 0 Å². The number of carbonyl (C=O) groups is 1. The summed E-state index contributed by atoms with van der Waals surface area (Å²) < 4.78 is 6.32. The molecule has 122 valence electrons. The summed E-state index contributed by atoms with van der Waals surface area (Å²) in [6.45, 7) is 1.91. The summed E-state index contributed by atoms with van der Waals surface area (Å²) in [5, 5.41) is 3.74. The zero-order chi connectivity index (χ0) is 17.3. The standard InChI is InChI=1S/C17H16N4O3/c1-10-3-5-12(24-17(18)23)8-15(10)20-11-4-6-14-13(7-11)16(22)21(2)9-19-14/h3-9,20H,1-2H3,(H2,18,23). The molecule has 0 aliphatic carbocycles. The third kappa shape index (κ3) is 3.05. The number of benzene rings is 2. The van der Waals surface area contributed by atoms with Gasteiger partial charge in [0.1, 0.15) is 5.75 Å². The maximum absolute atomic E-state index is 12.2. The molecule has 2 aromatic carbocycles. The van der Waals surface area contributed by atoms with Crippen LogP contribution in [0.25, 0.3) is 10.9 Å². The molecule has 0 radical (unpaired) electrons. The van der Waals surface area contributed by atoms with Crippen LogP contribution in [0.15, 0.2) is 47.5 Å². The van der Waals surface area contributed by atoms with E-state index in [1.807, 2.05) is 19.1 Å². The molecule has 3 aromatic rings. The molecule has 0 fully saturated rings. The number of ether oxygens (including phenoxy) is 1. The van der Waals surface area contributed by atoms with Crippen molar-refractivity contribution in [3.8, 4) is 5.75 Å². The fourth-order valence-electron chi connectivity index (χ4n) is 2.36. The molecular weight excluding hydrogens is 308 g/mol. The monoisotopic (exact) mass is 324 g/mol. The first-order chi connectivity index (χ1) is 11.4. The van der Waals surface area contributed by atoms with E-state index in [4.69, 9.17) is 10.5 Å². The van der Waals surface area contributed by atoms with Crippen LogP contribution in [0, 0.1) is 6.92 Å². The Hall–Kier alpha value is -3.35. The number of aryl methyl sites for hydroxylation is 2. The number of anilines is 2. The molecule has 0 spiro atoms. The largest absolute Gasteiger partial charge is 0.410 e. The van der Waals surface area contributed by atoms with Crippen LogP contribution in [0.4, 0.5) is 16.2 Å². The van der Waals surface area contributed by atoms with Crippen molar-refractivity contribution in [3.63, 3.8) is 0 Å². The van der Waals surface area contributed by atoms with Gasteiger partial charge >= 0.3 is 6.09 Å². The predicted octanol–water partition coefficient (Wildman–Crippen LogP) is 2.44. The number of nitrogens with two attached hydrogens (primary N) is 1. The SMILES string of the molecule is Cc1ccc(OC(N)=O)cc1Nc1ccc2ncn(C)c(=O)c2c1. The van der Waals surface area contributed by atoms with Gasteiger partial charge in [-0.25, -0.2) is 9.78 Å². The number of primary amides is 1. The Morgan fingerprint density at radius 2 is 2.04 bits per heavy atom. The third-order valence-corrected chi connectivity index (χ3v) is 3.62. The topological polar surface area (TPSA) is 99.2 Å². The lowest BCUT2D eigenvalue weighted by Crippen LogP contribution is -2.17. The zero-order valence-corrected chi connectivity index (χ0v) is 13.2. The summed E-state index contributed by atoms with van der Waals surface area (Å²) in [4.78, 5) is 27.3. The first-order valence-electron chi connectivity index (χ1n) is 7.24. The van der Waals surface area contributed by atoms with Crippen molar-refractivity contribution in [1.82, 2.24) is 9.55 Å². The molecular formula is C17H16N4O3. The quantitative estimate of drug-likeness (QED) is 0.771. The highest BCUT2D eigenvalue weighted by Gasteiger charge is 2.07. The minimum Gasteiger partial charge on any atom is -0.410 e. The van der Waals surface area contributed by atoms with Gasteiger partial charge in [-0.3, -0.25) is 4.79 Å². The summed E-state index contributed by atoms with van der Waals surface area (Å²) in [5.41, 5.74) is 7.97. The van der Waals surface area contributed by atoms with E-state index in [2.05, 4.69) is 10.3 Å². The van der Waals surface area contributed by atoms with E-state index in [1.54, 1.807) is 31.3 Å². The molecule has 0 aliphatic rings. The minimum atomic E-state index is -0.870. The molecule has 0 bridgehead atoms. The maximum atomic E-state index is 12.2. The van der Waals surface area contributed by atoms with Gasteiger partial charge in [0, 0.05) is 24.5 Å². The second kappa shape index (κ2) is 6.04. The average molecular weight is 324 g/mol. The molecule has 1 aromatic heterocycles. The molecule has 24 heavy (non-hydrogen) atoms. The summed E-state index contributed by atoms with van der Waals surface area (Å²) in [5.74, 6) is 0.342. The summed E-state index contributed by atoms with van der Waals surface area (Å²) in [6.07, 6.45) is 0.622. The van der Waals surface area contributed by atoms with Gasteiger partial charge in [-0.05, 0) is 36.8 Å². The molecule has 0 saturated carbocycles. The van der Waals surface area contributed by atoms with Crippen molar-refractivity contribution in [2.45, 2.75) is 6.92 Å². The Bertz CT molecular complexity index is 995. The van der Waals surface area contributed by atoms with E-state index in [0.717, 1.165) is 16.9 Å². The van der Waals surface area contributed by atoms with Gasteiger partial charge in [-0.2, -0.15) is 0 Å². The number of amides is 1. The van der Waals surface area contributed by atoms with Gasteiger partial charge in [0.05, 0.1) is 17.2 Å². The van der Waals surface area contributed by atoms with Gasteiger partial charge in [-0.1, -0.05) is 6.07 Å². The Morgan fingerprint density at radius 3 is 2.79 bits per heavy atom. The van der Waals surface area contributed by atoms with Crippen molar-refractivity contribution in [1.29, 1.82) is 0 Å². The molecule has 0 aliphatic heterocycles. The minimum absolute atomic E-state index is 0.119. The number of aromatic nitrogens is 2. The van der Waals surface area contributed by atoms with Gasteiger partial charge in [0.25, 0.3) is 5.56 Å². The number of rotatable bonds is 3. The Morgan fingerprint density at radius 1 is 1.25 bits per heavy atom. The lowest BCUT2D eigenvalue weighted by atomic mass is 10.1. The maximum Gasteiger partial charge on any atom is 0.409 e. The molecule has 1 heterocycles. The van der Waals surface area contributed by atoms with E-state index in [-0.39, 0.29) is 5.56 Å². The lowest BCUT2D eigenvalue weighted by Gasteiger charge is -2.12. The summed E-state index contributed by atoms with van der Waals surface area (Å²) in [6, 6.07) is 10.5. The zero-order valence-electron chi connectivity index (χ0n) is 13.2. The van der Waals surface area contributed by atoms with Crippen molar-refractivity contribution in [2.75, 3.05) is 5.32 Å². The van der Waals surface area contributed by atoms with Crippen LogP contribution in [-0.4, -0.2) is 15.6 Å². The molecule has 7 heteroatoms. The number of nitrogens with one attached hydrogen (secondary N) is 1. The molecule has 0 saturated heterocycles. The first kappa shape index (κ1) is 15.5.